The molecule has 33 heavy (non-hydrogen) atoms. The van der Waals surface area contributed by atoms with Gasteiger partial charge in [-0.1, -0.05) is 108 Å². The molecular formula is C24H44O8P+. The lowest BCUT2D eigenvalue weighted by Gasteiger charge is -2.11. The van der Waals surface area contributed by atoms with Crippen LogP contribution >= 0.6 is 8.25 Å². The van der Waals surface area contributed by atoms with Crippen LogP contribution in [-0.4, -0.2) is 53.5 Å². The van der Waals surface area contributed by atoms with Crippen LogP contribution in [0.5, 0.6) is 0 Å². The quantitative estimate of drug-likeness (QED) is 0.0923. The van der Waals surface area contributed by atoms with Crippen molar-refractivity contribution in [3.8, 4) is 0 Å². The van der Waals surface area contributed by atoms with Gasteiger partial charge in [-0.15, -0.1) is 4.52 Å². The Labute approximate surface area is 199 Å². The minimum Gasteiger partial charge on any atom is -0.449 e. The van der Waals surface area contributed by atoms with E-state index in [1.165, 1.54) is 83.5 Å². The van der Waals surface area contributed by atoms with Crippen molar-refractivity contribution in [2.75, 3.05) is 13.2 Å². The van der Waals surface area contributed by atoms with E-state index in [-0.39, 0.29) is 6.61 Å². The molecule has 0 radical (unpaired) electrons. The van der Waals surface area contributed by atoms with Crippen LogP contribution in [-0.2, 0) is 27.9 Å². The summed E-state index contributed by atoms with van der Waals surface area (Å²) in [4.78, 5) is 23.6. The highest BCUT2D eigenvalue weighted by atomic mass is 31.1. The maximum Gasteiger partial charge on any atom is 0.698 e. The molecule has 1 fully saturated rings. The van der Waals surface area contributed by atoms with Gasteiger partial charge in [0.15, 0.2) is 6.10 Å². The molecule has 0 aliphatic carbocycles. The van der Waals surface area contributed by atoms with Gasteiger partial charge in [0.2, 0.25) is 5.78 Å². The van der Waals surface area contributed by atoms with Crippen LogP contribution in [0.4, 0.5) is 0 Å². The van der Waals surface area contributed by atoms with E-state index in [2.05, 4.69) is 11.7 Å². The first-order chi connectivity index (χ1) is 16.0. The van der Waals surface area contributed by atoms with Gasteiger partial charge in [0.1, 0.15) is 12.7 Å². The molecule has 0 amide bonds. The van der Waals surface area contributed by atoms with Gasteiger partial charge in [-0.3, -0.25) is 4.79 Å². The Hall–Kier alpha value is -0.920. The van der Waals surface area contributed by atoms with Gasteiger partial charge >= 0.3 is 14.2 Å². The fourth-order valence-electron chi connectivity index (χ4n) is 3.87. The van der Waals surface area contributed by atoms with Crippen LogP contribution in [0.25, 0.3) is 0 Å². The second kappa shape index (κ2) is 19.4. The molecular weight excluding hydrogens is 447 g/mol. The molecule has 2 unspecified atom stereocenters. The number of Topliss-reactive ketones (excluding diaryl/α,β-unsaturated/α-hetero) is 1. The Balaban J connectivity index is 1.90. The minimum atomic E-state index is -2.65. The highest BCUT2D eigenvalue weighted by molar-refractivity contribution is 7.33. The van der Waals surface area contributed by atoms with E-state index in [4.69, 9.17) is 14.2 Å². The number of carbonyl (C=O) groups excluding carboxylic acids is 2. The molecule has 4 atom stereocenters. The Morgan fingerprint density at radius 1 is 0.848 bits per heavy atom. The molecule has 1 saturated heterocycles. The summed E-state index contributed by atoms with van der Waals surface area (Å²) >= 11 is 0. The molecule has 1 aliphatic heterocycles. The molecule has 192 valence electrons. The predicted molar refractivity (Wildman–Crippen MR) is 126 cm³/mol. The van der Waals surface area contributed by atoms with Gasteiger partial charge in [0, 0.05) is 4.57 Å². The van der Waals surface area contributed by atoms with Crippen molar-refractivity contribution >= 4 is 20.0 Å². The van der Waals surface area contributed by atoms with Crippen LogP contribution < -0.4 is 0 Å². The third kappa shape index (κ3) is 13.5. The summed E-state index contributed by atoms with van der Waals surface area (Å²) in [6.45, 7) is 1.73. The molecule has 0 saturated carbocycles. The van der Waals surface area contributed by atoms with Crippen LogP contribution in [0, 0.1) is 0 Å². The molecule has 0 aromatic rings. The Kier molecular flexibility index (Phi) is 17.7. The standard InChI is InChI=1S/C24H44O8P/c1-2-3-4-5-6-7-8-9-10-11-12-13-14-15-16-17-18-30-33(29)32-23-21(27)22(20(26)19-25)31-24(23)28/h20,22-23,25-26H,2-19H2,1H3/q+1/t20-,22+,23?/m0/s1. The zero-order chi connectivity index (χ0) is 24.3. The van der Waals surface area contributed by atoms with E-state index in [0.717, 1.165) is 19.3 Å². The van der Waals surface area contributed by atoms with Crippen molar-refractivity contribution in [3.63, 3.8) is 0 Å². The van der Waals surface area contributed by atoms with Gasteiger partial charge in [0.05, 0.1) is 6.61 Å². The summed E-state index contributed by atoms with van der Waals surface area (Å²) in [7, 11) is -2.65. The van der Waals surface area contributed by atoms with Crippen molar-refractivity contribution in [1.82, 2.24) is 0 Å². The van der Waals surface area contributed by atoms with E-state index in [9.17, 15) is 19.3 Å². The molecule has 0 aromatic carbocycles. The first kappa shape index (κ1) is 30.1. The number of hydrogen-bond donors (Lipinski definition) is 2. The number of unbranched alkanes of at least 4 members (excludes halogenated alkanes) is 15. The first-order valence-corrected chi connectivity index (χ1v) is 13.9. The van der Waals surface area contributed by atoms with Gasteiger partial charge in [-0.05, 0) is 6.42 Å². The number of aliphatic hydroxyl groups is 2. The fraction of sp³-hybridized carbons (Fsp3) is 0.917. The third-order valence-electron chi connectivity index (χ3n) is 5.92. The summed E-state index contributed by atoms with van der Waals surface area (Å²) in [6, 6.07) is 0. The topological polar surface area (TPSA) is 119 Å². The van der Waals surface area contributed by atoms with E-state index in [0.29, 0.717) is 0 Å². The molecule has 2 N–H and O–H groups in total. The molecule has 0 spiro atoms. The molecule has 1 heterocycles. The average molecular weight is 492 g/mol. The fourth-order valence-corrected chi connectivity index (χ4v) is 4.58. The number of carbonyl (C=O) groups is 2. The summed E-state index contributed by atoms with van der Waals surface area (Å²) in [6.07, 6.45) is 15.4. The maximum absolute atomic E-state index is 12.0. The summed E-state index contributed by atoms with van der Waals surface area (Å²) in [5.74, 6) is -1.90. The van der Waals surface area contributed by atoms with Crippen LogP contribution in [0.2, 0.25) is 0 Å². The molecule has 1 aliphatic rings. The first-order valence-electron chi connectivity index (χ1n) is 12.8. The second-order valence-electron chi connectivity index (χ2n) is 8.86. The summed E-state index contributed by atoms with van der Waals surface area (Å²) in [5.41, 5.74) is 0. The summed E-state index contributed by atoms with van der Waals surface area (Å²) in [5, 5.41) is 18.3. The van der Waals surface area contributed by atoms with E-state index in [1.54, 1.807) is 0 Å². The number of rotatable bonds is 22. The molecule has 0 bridgehead atoms. The SMILES string of the molecule is CCCCCCCCCCCCCCCCCCO[P+](=O)OC1C(=O)O[C@H]([C@@H](O)CO)C1=O. The lowest BCUT2D eigenvalue weighted by atomic mass is 10.0. The second-order valence-corrected chi connectivity index (χ2v) is 9.77. The van der Waals surface area contributed by atoms with Crippen molar-refractivity contribution in [2.45, 2.75) is 128 Å². The van der Waals surface area contributed by atoms with Gasteiger partial charge < -0.3 is 14.9 Å². The number of cyclic esters (lactones) is 1. The number of ether oxygens (including phenoxy) is 1. The Bertz CT molecular complexity index is 557. The van der Waals surface area contributed by atoms with Crippen molar-refractivity contribution in [3.05, 3.63) is 0 Å². The maximum atomic E-state index is 12.0. The monoisotopic (exact) mass is 491 g/mol. The van der Waals surface area contributed by atoms with Gasteiger partial charge in [-0.2, -0.15) is 0 Å². The van der Waals surface area contributed by atoms with Crippen molar-refractivity contribution in [1.29, 1.82) is 0 Å². The number of esters is 1. The smallest absolute Gasteiger partial charge is 0.449 e. The number of ketones is 1. The minimum absolute atomic E-state index is 0.215. The molecule has 0 aromatic heterocycles. The third-order valence-corrected chi connectivity index (χ3v) is 6.69. The number of aliphatic hydroxyl groups excluding tert-OH is 2. The van der Waals surface area contributed by atoms with E-state index >= 15 is 0 Å². The Morgan fingerprint density at radius 3 is 1.76 bits per heavy atom. The lowest BCUT2D eigenvalue weighted by molar-refractivity contribution is -0.151. The van der Waals surface area contributed by atoms with Crippen LogP contribution in [0.15, 0.2) is 0 Å². The zero-order valence-electron chi connectivity index (χ0n) is 20.3. The molecule has 1 rings (SSSR count). The summed E-state index contributed by atoms with van der Waals surface area (Å²) < 4.78 is 26.4. The highest BCUT2D eigenvalue weighted by Crippen LogP contribution is 2.31. The lowest BCUT2D eigenvalue weighted by Crippen LogP contribution is -2.37. The van der Waals surface area contributed by atoms with E-state index < -0.39 is 44.9 Å². The van der Waals surface area contributed by atoms with Crippen LogP contribution in [0.1, 0.15) is 110 Å². The molecule has 8 nitrogen and oxygen atoms in total. The van der Waals surface area contributed by atoms with Crippen molar-refractivity contribution in [2.24, 2.45) is 0 Å². The van der Waals surface area contributed by atoms with Gasteiger partial charge in [0.25, 0.3) is 6.10 Å². The van der Waals surface area contributed by atoms with Crippen molar-refractivity contribution < 1.29 is 38.2 Å². The highest BCUT2D eigenvalue weighted by Gasteiger charge is 2.52. The molecule has 9 heteroatoms. The predicted octanol–water partition coefficient (Wildman–Crippen LogP) is 5.15. The Morgan fingerprint density at radius 2 is 1.30 bits per heavy atom. The number of hydrogen-bond acceptors (Lipinski definition) is 8. The van der Waals surface area contributed by atoms with E-state index in [1.807, 2.05) is 0 Å². The normalized spacial score (nSPS) is 19.7. The average Bonchev–Trinajstić information content (AvgIpc) is 3.08. The van der Waals surface area contributed by atoms with Crippen LogP contribution in [0.3, 0.4) is 0 Å². The largest absolute Gasteiger partial charge is 0.698 e. The zero-order valence-corrected chi connectivity index (χ0v) is 21.1. The van der Waals surface area contributed by atoms with Gasteiger partial charge in [-0.25, -0.2) is 4.79 Å².